The number of esters is 2. The molecule has 0 aliphatic carbocycles. The van der Waals surface area contributed by atoms with Crippen LogP contribution in [0.2, 0.25) is 0 Å². The molecule has 0 unspecified atom stereocenters. The van der Waals surface area contributed by atoms with Crippen molar-refractivity contribution in [3.8, 4) is 28.4 Å². The van der Waals surface area contributed by atoms with Gasteiger partial charge in [-0.2, -0.15) is 21.5 Å². The van der Waals surface area contributed by atoms with Crippen molar-refractivity contribution < 1.29 is 90.2 Å². The lowest BCUT2D eigenvalue weighted by Crippen LogP contribution is -2.27. The predicted octanol–water partition coefficient (Wildman–Crippen LogP) is 17.1. The van der Waals surface area contributed by atoms with Gasteiger partial charge in [-0.1, -0.05) is 121 Å². The van der Waals surface area contributed by atoms with Crippen LogP contribution in [-0.2, 0) is 83.7 Å². The molecule has 0 spiro atoms. The highest BCUT2D eigenvalue weighted by Gasteiger charge is 2.32. The van der Waals surface area contributed by atoms with Crippen LogP contribution < -0.4 is 36.1 Å². The highest BCUT2D eigenvalue weighted by molar-refractivity contribution is 7.90. The highest BCUT2D eigenvalue weighted by Crippen LogP contribution is 2.31. The second kappa shape index (κ2) is 50.6. The van der Waals surface area contributed by atoms with Gasteiger partial charge >= 0.3 is 11.9 Å². The Morgan fingerprint density at radius 2 is 0.546 bits per heavy atom. The van der Waals surface area contributed by atoms with E-state index in [2.05, 4.69) is 26.6 Å². The number of benzene rings is 11. The Hall–Kier alpha value is -14.2. The number of hydrogen-bond donors (Lipinski definition) is 6. The number of amides is 5. The molecule has 0 bridgehead atoms. The molecule has 0 radical (unpaired) electrons. The van der Waals surface area contributed by atoms with Crippen molar-refractivity contribution in [2.45, 2.75) is 109 Å². The molecule has 5 aliphatic rings. The predicted molar refractivity (Wildman–Crippen MR) is 547 cm³/mol. The molecule has 11 aromatic rings. The molecule has 5 heterocycles. The zero-order chi connectivity index (χ0) is 101. The largest absolute Gasteiger partial charge is 0.508 e. The van der Waals surface area contributed by atoms with Crippen LogP contribution in [0.25, 0.3) is 41.5 Å². The van der Waals surface area contributed by atoms with Crippen LogP contribution in [-0.4, -0.2) is 176 Å². The summed E-state index contributed by atoms with van der Waals surface area (Å²) in [4.78, 5) is 83.9. The molecule has 5 amide bonds. The van der Waals surface area contributed by atoms with E-state index in [1.807, 2.05) is 85.8 Å². The third-order valence-electron chi connectivity index (χ3n) is 22.5. The molecule has 11 aromatic carbocycles. The maximum atomic E-state index is 12.6. The second-order valence-corrected chi connectivity index (χ2v) is 42.8. The lowest BCUT2D eigenvalue weighted by atomic mass is 10.0. The summed E-state index contributed by atoms with van der Waals surface area (Å²) in [5.41, 5.74) is 9.90. The average molecular weight is 2000 g/mol. The Bertz CT molecular complexity index is 6810. The molecule has 5 saturated heterocycles. The van der Waals surface area contributed by atoms with Crippen molar-refractivity contribution in [3.63, 3.8) is 0 Å². The van der Waals surface area contributed by atoms with Crippen LogP contribution in [0.1, 0.15) is 111 Å². The average Bonchev–Trinajstić information content (AvgIpc) is 1.81. The molecular formula is C106H110N10O20S5. The monoisotopic (exact) mass is 2000 g/mol. The summed E-state index contributed by atoms with van der Waals surface area (Å²) in [7, 11) is -17.3. The van der Waals surface area contributed by atoms with Gasteiger partial charge in [-0.15, -0.1) is 0 Å². The first-order chi connectivity index (χ1) is 67.6. The first kappa shape index (κ1) is 106. The lowest BCUT2D eigenvalue weighted by Gasteiger charge is -2.15. The van der Waals surface area contributed by atoms with Crippen LogP contribution in [0, 0.1) is 6.92 Å². The molecule has 6 N–H and O–H groups in total. The van der Waals surface area contributed by atoms with E-state index in [0.29, 0.717) is 117 Å². The maximum Gasteiger partial charge on any atom is 0.308 e. The van der Waals surface area contributed by atoms with Gasteiger partial charge < -0.3 is 41.2 Å². The van der Waals surface area contributed by atoms with Crippen LogP contribution >= 0.6 is 0 Å². The minimum absolute atomic E-state index is 0.163. The van der Waals surface area contributed by atoms with Gasteiger partial charge in [0, 0.05) is 144 Å². The van der Waals surface area contributed by atoms with E-state index in [9.17, 15) is 80.8 Å². The van der Waals surface area contributed by atoms with Crippen molar-refractivity contribution in [1.82, 2.24) is 21.5 Å². The Balaban J connectivity index is 0.000000158. The number of para-hydroxylation sites is 1. The van der Waals surface area contributed by atoms with Crippen LogP contribution in [0.4, 0.5) is 28.4 Å². The summed E-state index contributed by atoms with van der Waals surface area (Å²) in [6.07, 6.45) is 24.1. The molecule has 16 rings (SSSR count). The van der Waals surface area contributed by atoms with Gasteiger partial charge in [0.15, 0.2) is 0 Å². The normalized spacial score (nSPS) is 15.0. The molecule has 0 aromatic heterocycles. The minimum Gasteiger partial charge on any atom is -0.508 e. The van der Waals surface area contributed by atoms with Gasteiger partial charge in [-0.3, -0.25) is 33.6 Å². The Labute approximate surface area is 823 Å². The summed E-state index contributed by atoms with van der Waals surface area (Å²) in [6, 6.07) is 76.9. The minimum atomic E-state index is -3.48. The third-order valence-corrected chi connectivity index (χ3v) is 32.1. The van der Waals surface area contributed by atoms with Gasteiger partial charge in [-0.25, -0.2) is 42.1 Å². The zero-order valence-electron chi connectivity index (χ0n) is 77.9. The number of aromatic hydroxyl groups is 1. The highest BCUT2D eigenvalue weighted by atomic mass is 32.2. The molecule has 0 atom stereocenters. The number of nitrogens with one attached hydrogen (secondary N) is 5. The van der Waals surface area contributed by atoms with E-state index in [1.165, 1.54) is 139 Å². The number of phenolic OH excluding ortho intramolecular Hbond substituents is 1. The molecular weight excluding hydrogens is 1890 g/mol. The molecule has 141 heavy (non-hydrogen) atoms. The zero-order valence-corrected chi connectivity index (χ0v) is 82.0. The van der Waals surface area contributed by atoms with Crippen molar-refractivity contribution >= 4 is 150 Å². The third kappa shape index (κ3) is 31.6. The number of aryl methyl sites for hydroxylation is 1. The molecule has 0 saturated carbocycles. The summed E-state index contributed by atoms with van der Waals surface area (Å²) < 4.78 is 143. The van der Waals surface area contributed by atoms with Crippen molar-refractivity contribution in [2.24, 2.45) is 0 Å². The number of ether oxygens (including phenoxy) is 2. The van der Waals surface area contributed by atoms with Crippen LogP contribution in [0.5, 0.6) is 17.2 Å². The molecule has 5 fully saturated rings. The van der Waals surface area contributed by atoms with E-state index in [-0.39, 0.29) is 53.9 Å². The first-order valence-corrected chi connectivity index (χ1v) is 52.9. The van der Waals surface area contributed by atoms with Crippen molar-refractivity contribution in [3.05, 3.63) is 337 Å². The van der Waals surface area contributed by atoms with Gasteiger partial charge in [0.2, 0.25) is 79.7 Å². The summed E-state index contributed by atoms with van der Waals surface area (Å²) >= 11 is 0. The van der Waals surface area contributed by atoms with Crippen LogP contribution in [0.3, 0.4) is 0 Å². The quantitative estimate of drug-likeness (QED) is 0.0151. The van der Waals surface area contributed by atoms with E-state index in [0.717, 1.165) is 97.6 Å². The summed E-state index contributed by atoms with van der Waals surface area (Å²) in [5.74, 6) is -1.56. The van der Waals surface area contributed by atoms with Gasteiger partial charge in [0.05, 0.1) is 24.5 Å². The molecule has 35 heteroatoms. The first-order valence-electron chi connectivity index (χ1n) is 45.7. The number of rotatable bonds is 28. The Morgan fingerprint density at radius 1 is 0.277 bits per heavy atom. The Kier molecular flexibility index (Phi) is 37.9. The molecule has 30 nitrogen and oxygen atoms in total. The van der Waals surface area contributed by atoms with E-state index in [4.69, 9.17) is 9.47 Å². The fourth-order valence-corrected chi connectivity index (χ4v) is 22.7. The standard InChI is InChI=1S/C25H24N2O3S.2C21H22N2O5S.C20H22N2O3S.C19H20N2O4S/c28-25(16-11-20-7-6-10-22(19-20)21-8-2-1-3-9-21)26-23-12-14-24(15-13-23)31(29,30)27-17-4-5-18-27;1-16(24)28-19-6-4-5-17(15-19)7-12-21(25)22-18-8-10-20(11-9-18)29(26,27)23-13-2-3-14-23;1-16(24)28-20-7-3-2-6-17(20)8-13-21(25)22-18-9-11-19(12-10-18)29(26,27)23-14-4-5-15-23;1-16-4-6-17(7-5-16)8-13-20(23)21-18-9-11-19(12-10-18)26(24,25)22-14-2-3-15-22;22-17-8-3-15(4-9-17)5-12-19(23)20-16-6-10-18(11-7-16)26(24,25)21-13-1-2-14-21/h1-3,6-16,19H,4-5,17-18H2,(H,26,28);4-12,15H,2-3,13-14H2,1H3,(H,22,25);2-3,6-13H,4-5,14-15H2,1H3,(H,22,25);4-13H,2-3,14-15H2,1H3,(H,21,23);3-12,22H,1-2,13-14H2,(H,20,23)/b16-11+;12-7+;2*13-8+;12-5+. The number of carbonyl (C=O) groups excluding carboxylic acids is 7. The SMILES string of the molecule is CC(=O)Oc1cccc(/C=C/C(=O)Nc2ccc(S(=O)(=O)N3CCCC3)cc2)c1.CC(=O)Oc1ccccc1/C=C/C(=O)Nc1ccc(S(=O)(=O)N2CCCC2)cc1.Cc1ccc(/C=C/C(=O)Nc2ccc(S(=O)(=O)N3CCCC3)cc2)cc1.O=C(/C=C/c1ccc(O)cc1)Nc1ccc(S(=O)(=O)N2CCCC2)cc1.O=C(/C=C/c1cccc(-c2ccccc2)c1)Nc1ccc(S(=O)(=O)N2CCCC2)cc1. The number of sulfonamides is 5. The fourth-order valence-electron chi connectivity index (χ4n) is 15.1. The van der Waals surface area contributed by atoms with Crippen molar-refractivity contribution in [1.29, 1.82) is 0 Å². The van der Waals surface area contributed by atoms with E-state index >= 15 is 0 Å². The fraction of sp³-hybridized carbons (Fsp3) is 0.217. The van der Waals surface area contributed by atoms with Crippen LogP contribution in [0.15, 0.2) is 328 Å². The number of carbonyl (C=O) groups is 7. The number of anilines is 5. The summed E-state index contributed by atoms with van der Waals surface area (Å²) in [5, 5.41) is 22.8. The lowest BCUT2D eigenvalue weighted by molar-refractivity contribution is -0.132. The topological polar surface area (TPSA) is 405 Å². The number of hydrogen-bond acceptors (Lipinski definition) is 20. The number of nitrogens with zero attached hydrogens (tertiary/aromatic N) is 5. The van der Waals surface area contributed by atoms with E-state index in [1.54, 1.807) is 152 Å². The molecule has 734 valence electrons. The summed E-state index contributed by atoms with van der Waals surface area (Å²) in [6.45, 7) is 10.2. The Morgan fingerprint density at radius 3 is 0.865 bits per heavy atom. The van der Waals surface area contributed by atoms with Gasteiger partial charge in [0.25, 0.3) is 0 Å². The molecule has 5 aliphatic heterocycles. The smallest absolute Gasteiger partial charge is 0.308 e. The number of phenols is 1. The van der Waals surface area contributed by atoms with Gasteiger partial charge in [0.1, 0.15) is 17.2 Å². The van der Waals surface area contributed by atoms with Gasteiger partial charge in [-0.05, 0) is 293 Å². The van der Waals surface area contributed by atoms with E-state index < -0.39 is 68.0 Å². The maximum absolute atomic E-state index is 12.6. The second-order valence-electron chi connectivity index (χ2n) is 33.1. The van der Waals surface area contributed by atoms with Crippen molar-refractivity contribution in [2.75, 3.05) is 92.0 Å².